The molecular formula is C21H24FN5O2. The van der Waals surface area contributed by atoms with Crippen LogP contribution >= 0.6 is 0 Å². The van der Waals surface area contributed by atoms with Crippen molar-refractivity contribution in [2.24, 2.45) is 0 Å². The number of halogens is 1. The van der Waals surface area contributed by atoms with Crippen molar-refractivity contribution in [3.05, 3.63) is 64.6 Å². The molecule has 0 radical (unpaired) electrons. The molecule has 4 rings (SSSR count). The standard InChI is InChI=1S/C21H24FN5O2/c1-14-12-19(29-24-14)13-25-8-10-26(11-9-25)21(28)20-15(2)23-27(16(20)3)18-6-4-17(22)5-7-18/h4-7,12H,8-11,13H2,1-3H3. The van der Waals surface area contributed by atoms with E-state index in [2.05, 4.69) is 15.2 Å². The van der Waals surface area contributed by atoms with Crippen molar-refractivity contribution >= 4 is 5.91 Å². The van der Waals surface area contributed by atoms with Crippen LogP contribution in [0.3, 0.4) is 0 Å². The monoisotopic (exact) mass is 397 g/mol. The minimum atomic E-state index is -0.301. The normalized spacial score (nSPS) is 15.1. The molecule has 0 aliphatic carbocycles. The Morgan fingerprint density at radius 3 is 2.41 bits per heavy atom. The summed E-state index contributed by atoms with van der Waals surface area (Å²) in [5.74, 6) is 0.531. The molecule has 1 aromatic carbocycles. The van der Waals surface area contributed by atoms with Crippen molar-refractivity contribution in [2.45, 2.75) is 27.3 Å². The molecule has 152 valence electrons. The number of hydrogen-bond acceptors (Lipinski definition) is 5. The Balaban J connectivity index is 1.45. The van der Waals surface area contributed by atoms with Gasteiger partial charge in [-0.25, -0.2) is 9.07 Å². The van der Waals surface area contributed by atoms with Gasteiger partial charge in [-0.1, -0.05) is 5.16 Å². The second-order valence-electron chi connectivity index (χ2n) is 7.44. The fourth-order valence-electron chi connectivity index (χ4n) is 3.76. The van der Waals surface area contributed by atoms with Gasteiger partial charge in [-0.15, -0.1) is 0 Å². The highest BCUT2D eigenvalue weighted by atomic mass is 19.1. The zero-order valence-corrected chi connectivity index (χ0v) is 16.9. The van der Waals surface area contributed by atoms with E-state index in [1.807, 2.05) is 31.7 Å². The summed E-state index contributed by atoms with van der Waals surface area (Å²) in [5.41, 5.74) is 3.67. The summed E-state index contributed by atoms with van der Waals surface area (Å²) >= 11 is 0. The molecule has 1 saturated heterocycles. The molecule has 0 atom stereocenters. The molecule has 0 spiro atoms. The molecule has 7 nitrogen and oxygen atoms in total. The first-order chi connectivity index (χ1) is 13.9. The van der Waals surface area contributed by atoms with E-state index in [0.717, 1.165) is 35.9 Å². The van der Waals surface area contributed by atoms with E-state index in [-0.39, 0.29) is 11.7 Å². The van der Waals surface area contributed by atoms with Gasteiger partial charge < -0.3 is 9.42 Å². The van der Waals surface area contributed by atoms with Gasteiger partial charge in [0.15, 0.2) is 5.76 Å². The highest BCUT2D eigenvalue weighted by Crippen LogP contribution is 2.21. The lowest BCUT2D eigenvalue weighted by Crippen LogP contribution is -2.48. The number of aryl methyl sites for hydroxylation is 2. The van der Waals surface area contributed by atoms with Crippen LogP contribution in [0.5, 0.6) is 0 Å². The Morgan fingerprint density at radius 2 is 1.79 bits per heavy atom. The molecule has 0 N–H and O–H groups in total. The number of carbonyl (C=O) groups is 1. The van der Waals surface area contributed by atoms with Crippen LogP contribution in [0.4, 0.5) is 4.39 Å². The van der Waals surface area contributed by atoms with E-state index in [9.17, 15) is 9.18 Å². The molecule has 2 aromatic heterocycles. The van der Waals surface area contributed by atoms with Crippen LogP contribution in [0, 0.1) is 26.6 Å². The molecule has 29 heavy (non-hydrogen) atoms. The van der Waals surface area contributed by atoms with Gasteiger partial charge in [0.1, 0.15) is 5.82 Å². The van der Waals surface area contributed by atoms with Crippen molar-refractivity contribution in [1.29, 1.82) is 0 Å². The number of rotatable bonds is 4. The summed E-state index contributed by atoms with van der Waals surface area (Å²) in [6.45, 7) is 9.15. The number of benzene rings is 1. The molecular weight excluding hydrogens is 373 g/mol. The molecule has 1 aliphatic rings. The topological polar surface area (TPSA) is 67.4 Å². The summed E-state index contributed by atoms with van der Waals surface area (Å²) < 4.78 is 20.2. The maximum atomic E-state index is 13.2. The van der Waals surface area contributed by atoms with E-state index in [0.29, 0.717) is 30.9 Å². The van der Waals surface area contributed by atoms with Crippen molar-refractivity contribution in [3.8, 4) is 5.69 Å². The highest BCUT2D eigenvalue weighted by molar-refractivity contribution is 5.96. The summed E-state index contributed by atoms with van der Waals surface area (Å²) in [5, 5.41) is 8.44. The van der Waals surface area contributed by atoms with E-state index in [1.54, 1.807) is 16.8 Å². The maximum Gasteiger partial charge on any atom is 0.257 e. The summed E-state index contributed by atoms with van der Waals surface area (Å²) in [4.78, 5) is 17.3. The fourth-order valence-corrected chi connectivity index (χ4v) is 3.76. The first-order valence-electron chi connectivity index (χ1n) is 9.68. The van der Waals surface area contributed by atoms with Crippen molar-refractivity contribution in [1.82, 2.24) is 24.7 Å². The Bertz CT molecular complexity index is 1020. The number of aromatic nitrogens is 3. The Hall–Kier alpha value is -3.00. The molecule has 3 heterocycles. The molecule has 1 fully saturated rings. The lowest BCUT2D eigenvalue weighted by molar-refractivity contribution is 0.0616. The average molecular weight is 397 g/mol. The SMILES string of the molecule is Cc1cc(CN2CCN(C(=O)c3c(C)nn(-c4ccc(F)cc4)c3C)CC2)on1. The first kappa shape index (κ1) is 19.3. The Morgan fingerprint density at radius 1 is 1.10 bits per heavy atom. The van der Waals surface area contributed by atoms with Gasteiger partial charge in [0, 0.05) is 32.2 Å². The van der Waals surface area contributed by atoms with Crippen LogP contribution in [-0.2, 0) is 6.54 Å². The number of nitrogens with zero attached hydrogens (tertiary/aromatic N) is 5. The molecule has 1 aliphatic heterocycles. The molecule has 3 aromatic rings. The second kappa shape index (κ2) is 7.79. The number of carbonyl (C=O) groups excluding carboxylic acids is 1. The largest absolute Gasteiger partial charge is 0.360 e. The predicted octanol–water partition coefficient (Wildman–Crippen LogP) is 2.88. The average Bonchev–Trinajstić information content (AvgIpc) is 3.24. The van der Waals surface area contributed by atoms with E-state index < -0.39 is 0 Å². The van der Waals surface area contributed by atoms with Gasteiger partial charge in [0.05, 0.1) is 34.9 Å². The van der Waals surface area contributed by atoms with Crippen LogP contribution in [0.2, 0.25) is 0 Å². The van der Waals surface area contributed by atoms with Crippen LogP contribution < -0.4 is 0 Å². The lowest BCUT2D eigenvalue weighted by atomic mass is 10.1. The zero-order valence-electron chi connectivity index (χ0n) is 16.9. The minimum absolute atomic E-state index is 0.0106. The molecule has 8 heteroatoms. The Labute approximate surface area is 168 Å². The van der Waals surface area contributed by atoms with Gasteiger partial charge in [-0.2, -0.15) is 5.10 Å². The second-order valence-corrected chi connectivity index (χ2v) is 7.44. The summed E-state index contributed by atoms with van der Waals surface area (Å²) in [6, 6.07) is 8.04. The van der Waals surface area contributed by atoms with Crippen molar-refractivity contribution in [3.63, 3.8) is 0 Å². The fraction of sp³-hybridized carbons (Fsp3) is 0.381. The summed E-state index contributed by atoms with van der Waals surface area (Å²) in [6.07, 6.45) is 0. The number of hydrogen-bond donors (Lipinski definition) is 0. The lowest BCUT2D eigenvalue weighted by Gasteiger charge is -2.34. The van der Waals surface area contributed by atoms with Crippen molar-refractivity contribution < 1.29 is 13.7 Å². The van der Waals surface area contributed by atoms with Gasteiger partial charge in [0.2, 0.25) is 0 Å². The smallest absolute Gasteiger partial charge is 0.257 e. The van der Waals surface area contributed by atoms with Gasteiger partial charge in [0.25, 0.3) is 5.91 Å². The third-order valence-corrected chi connectivity index (χ3v) is 5.29. The van der Waals surface area contributed by atoms with Gasteiger partial charge in [-0.3, -0.25) is 9.69 Å². The zero-order chi connectivity index (χ0) is 20.5. The van der Waals surface area contributed by atoms with Crippen LogP contribution in [-0.4, -0.2) is 56.8 Å². The van der Waals surface area contributed by atoms with Crippen LogP contribution in [0.15, 0.2) is 34.9 Å². The van der Waals surface area contributed by atoms with Gasteiger partial charge >= 0.3 is 0 Å². The number of amides is 1. The third-order valence-electron chi connectivity index (χ3n) is 5.29. The quantitative estimate of drug-likeness (QED) is 0.677. The molecule has 1 amide bonds. The third kappa shape index (κ3) is 3.93. The molecule has 0 unspecified atom stereocenters. The Kier molecular flexibility index (Phi) is 5.19. The maximum absolute atomic E-state index is 13.2. The molecule has 0 saturated carbocycles. The van der Waals surface area contributed by atoms with E-state index in [1.165, 1.54) is 12.1 Å². The van der Waals surface area contributed by atoms with E-state index >= 15 is 0 Å². The van der Waals surface area contributed by atoms with E-state index in [4.69, 9.17) is 4.52 Å². The first-order valence-corrected chi connectivity index (χ1v) is 9.68. The minimum Gasteiger partial charge on any atom is -0.360 e. The van der Waals surface area contributed by atoms with Gasteiger partial charge in [-0.05, 0) is 45.0 Å². The summed E-state index contributed by atoms with van der Waals surface area (Å²) in [7, 11) is 0. The van der Waals surface area contributed by atoms with Crippen LogP contribution in [0.25, 0.3) is 5.69 Å². The van der Waals surface area contributed by atoms with Crippen molar-refractivity contribution in [2.75, 3.05) is 26.2 Å². The molecule has 0 bridgehead atoms. The number of piperazine rings is 1. The predicted molar refractivity (Wildman–Crippen MR) is 105 cm³/mol. The van der Waals surface area contributed by atoms with Crippen LogP contribution in [0.1, 0.15) is 33.2 Å². The highest BCUT2D eigenvalue weighted by Gasteiger charge is 2.27.